The molecule has 2 amide bonds. The summed E-state index contributed by atoms with van der Waals surface area (Å²) >= 11 is 3.35. The molecule has 0 spiro atoms. The van der Waals surface area contributed by atoms with Gasteiger partial charge in [0.15, 0.2) is 0 Å². The largest absolute Gasteiger partial charge is 0.492 e. The van der Waals surface area contributed by atoms with Gasteiger partial charge in [0.2, 0.25) is 5.91 Å². The SMILES string of the molecule is CC(C)COc1ccc(Br)cc1C(=O)NNC(=O)CCc1ccccc1. The highest BCUT2D eigenvalue weighted by atomic mass is 79.9. The number of hydrazine groups is 1. The molecule has 26 heavy (non-hydrogen) atoms. The van der Waals surface area contributed by atoms with Gasteiger partial charge in [-0.05, 0) is 36.1 Å². The van der Waals surface area contributed by atoms with Crippen molar-refractivity contribution in [2.24, 2.45) is 5.92 Å². The summed E-state index contributed by atoms with van der Waals surface area (Å²) in [5.41, 5.74) is 6.34. The summed E-state index contributed by atoms with van der Waals surface area (Å²) in [6, 6.07) is 14.9. The topological polar surface area (TPSA) is 67.4 Å². The van der Waals surface area contributed by atoms with Crippen LogP contribution in [0.3, 0.4) is 0 Å². The molecule has 2 aromatic carbocycles. The molecule has 0 bridgehead atoms. The van der Waals surface area contributed by atoms with E-state index in [4.69, 9.17) is 4.74 Å². The third kappa shape index (κ3) is 6.52. The summed E-state index contributed by atoms with van der Waals surface area (Å²) in [5, 5.41) is 0. The predicted octanol–water partition coefficient (Wildman–Crippen LogP) is 3.88. The van der Waals surface area contributed by atoms with E-state index in [0.29, 0.717) is 36.7 Å². The number of rotatable bonds is 7. The van der Waals surface area contributed by atoms with Gasteiger partial charge in [0.1, 0.15) is 5.75 Å². The molecule has 2 rings (SSSR count). The standard InChI is InChI=1S/C20H23BrN2O3/c1-14(2)13-26-18-10-9-16(21)12-17(18)20(25)23-22-19(24)11-8-15-6-4-3-5-7-15/h3-7,9-10,12,14H,8,11,13H2,1-2H3,(H,22,24)(H,23,25). The minimum absolute atomic E-state index is 0.248. The maximum absolute atomic E-state index is 12.4. The molecule has 5 nitrogen and oxygen atoms in total. The lowest BCUT2D eigenvalue weighted by atomic mass is 10.1. The Labute approximate surface area is 162 Å². The van der Waals surface area contributed by atoms with E-state index in [1.807, 2.05) is 50.2 Å². The molecule has 0 fully saturated rings. The molecular weight excluding hydrogens is 396 g/mol. The Morgan fingerprint density at radius 2 is 1.81 bits per heavy atom. The molecule has 0 saturated heterocycles. The van der Waals surface area contributed by atoms with E-state index in [1.165, 1.54) is 0 Å². The number of ether oxygens (including phenoxy) is 1. The maximum atomic E-state index is 12.4. The first-order valence-corrected chi connectivity index (χ1v) is 9.30. The van der Waals surface area contributed by atoms with E-state index >= 15 is 0 Å². The molecule has 0 aromatic heterocycles. The number of aryl methyl sites for hydroxylation is 1. The Bertz CT molecular complexity index is 748. The molecule has 0 radical (unpaired) electrons. The molecule has 0 unspecified atom stereocenters. The lowest BCUT2D eigenvalue weighted by Gasteiger charge is -2.14. The summed E-state index contributed by atoms with van der Waals surface area (Å²) in [6.45, 7) is 4.57. The van der Waals surface area contributed by atoms with Gasteiger partial charge in [-0.25, -0.2) is 0 Å². The summed E-state index contributed by atoms with van der Waals surface area (Å²) in [4.78, 5) is 24.4. The molecule has 138 valence electrons. The molecule has 0 saturated carbocycles. The average molecular weight is 419 g/mol. The van der Waals surface area contributed by atoms with Gasteiger partial charge in [-0.3, -0.25) is 20.4 Å². The fourth-order valence-electron chi connectivity index (χ4n) is 2.22. The van der Waals surface area contributed by atoms with Crippen molar-refractivity contribution in [2.45, 2.75) is 26.7 Å². The molecule has 0 heterocycles. The molecule has 0 aliphatic carbocycles. The number of halogens is 1. The van der Waals surface area contributed by atoms with Crippen LogP contribution >= 0.6 is 15.9 Å². The zero-order chi connectivity index (χ0) is 18.9. The fourth-order valence-corrected chi connectivity index (χ4v) is 2.58. The highest BCUT2D eigenvalue weighted by Crippen LogP contribution is 2.23. The lowest BCUT2D eigenvalue weighted by Crippen LogP contribution is -2.41. The van der Waals surface area contributed by atoms with Gasteiger partial charge in [0, 0.05) is 10.9 Å². The van der Waals surface area contributed by atoms with Crippen molar-refractivity contribution in [1.29, 1.82) is 0 Å². The average Bonchev–Trinajstić information content (AvgIpc) is 2.64. The van der Waals surface area contributed by atoms with E-state index in [9.17, 15) is 9.59 Å². The molecule has 2 aromatic rings. The number of hydrogen-bond acceptors (Lipinski definition) is 3. The van der Waals surface area contributed by atoms with Crippen molar-refractivity contribution < 1.29 is 14.3 Å². The Morgan fingerprint density at radius 1 is 1.08 bits per heavy atom. The van der Waals surface area contributed by atoms with E-state index in [-0.39, 0.29) is 5.91 Å². The number of benzene rings is 2. The van der Waals surface area contributed by atoms with Gasteiger partial charge in [0.25, 0.3) is 5.91 Å². The van der Waals surface area contributed by atoms with Gasteiger partial charge < -0.3 is 4.74 Å². The highest BCUT2D eigenvalue weighted by molar-refractivity contribution is 9.10. The van der Waals surface area contributed by atoms with Crippen LogP contribution in [0.5, 0.6) is 5.75 Å². The van der Waals surface area contributed by atoms with Gasteiger partial charge in [-0.2, -0.15) is 0 Å². The van der Waals surface area contributed by atoms with Crippen LogP contribution in [0.2, 0.25) is 0 Å². The summed E-state index contributed by atoms with van der Waals surface area (Å²) < 4.78 is 6.45. The van der Waals surface area contributed by atoms with Crippen molar-refractivity contribution >= 4 is 27.7 Å². The van der Waals surface area contributed by atoms with Gasteiger partial charge in [-0.1, -0.05) is 60.1 Å². The second-order valence-electron chi connectivity index (χ2n) is 6.33. The summed E-state index contributed by atoms with van der Waals surface area (Å²) in [5.74, 6) is 0.158. The Morgan fingerprint density at radius 3 is 2.50 bits per heavy atom. The third-order valence-electron chi connectivity index (χ3n) is 3.56. The van der Waals surface area contributed by atoms with Gasteiger partial charge >= 0.3 is 0 Å². The number of amides is 2. The van der Waals surface area contributed by atoms with Crippen LogP contribution in [-0.2, 0) is 11.2 Å². The van der Waals surface area contributed by atoms with Gasteiger partial charge in [0.05, 0.1) is 12.2 Å². The smallest absolute Gasteiger partial charge is 0.273 e. The maximum Gasteiger partial charge on any atom is 0.273 e. The molecule has 2 N–H and O–H groups in total. The van der Waals surface area contributed by atoms with E-state index in [0.717, 1.165) is 10.0 Å². The fraction of sp³-hybridized carbons (Fsp3) is 0.300. The Kier molecular flexibility index (Phi) is 7.66. The number of carbonyl (C=O) groups excluding carboxylic acids is 2. The first kappa shape index (κ1) is 20.0. The summed E-state index contributed by atoms with van der Waals surface area (Å²) in [6.07, 6.45) is 0.904. The number of nitrogens with one attached hydrogen (secondary N) is 2. The highest BCUT2D eigenvalue weighted by Gasteiger charge is 2.14. The van der Waals surface area contributed by atoms with Crippen LogP contribution in [0.1, 0.15) is 36.2 Å². The molecule has 6 heteroatoms. The third-order valence-corrected chi connectivity index (χ3v) is 4.05. The quantitative estimate of drug-likeness (QED) is 0.670. The minimum atomic E-state index is -0.418. The van der Waals surface area contributed by atoms with E-state index in [1.54, 1.807) is 12.1 Å². The van der Waals surface area contributed by atoms with Crippen molar-refractivity contribution in [3.63, 3.8) is 0 Å². The minimum Gasteiger partial charge on any atom is -0.492 e. The molecular formula is C20H23BrN2O3. The zero-order valence-corrected chi connectivity index (χ0v) is 16.5. The Balaban J connectivity index is 1.90. The second kappa shape index (κ2) is 9.97. The monoisotopic (exact) mass is 418 g/mol. The Hall–Kier alpha value is -2.34. The van der Waals surface area contributed by atoms with Crippen molar-refractivity contribution in [3.8, 4) is 5.75 Å². The van der Waals surface area contributed by atoms with E-state index < -0.39 is 5.91 Å². The van der Waals surface area contributed by atoms with Crippen LogP contribution in [0.15, 0.2) is 53.0 Å². The predicted molar refractivity (Wildman–Crippen MR) is 105 cm³/mol. The van der Waals surface area contributed by atoms with E-state index in [2.05, 4.69) is 26.8 Å². The van der Waals surface area contributed by atoms with Crippen LogP contribution in [0.4, 0.5) is 0 Å². The second-order valence-corrected chi connectivity index (χ2v) is 7.25. The molecule has 0 aliphatic rings. The molecule has 0 aliphatic heterocycles. The number of carbonyl (C=O) groups is 2. The van der Waals surface area contributed by atoms with Crippen LogP contribution in [0, 0.1) is 5.92 Å². The first-order chi connectivity index (χ1) is 12.5. The van der Waals surface area contributed by atoms with Crippen LogP contribution in [0.25, 0.3) is 0 Å². The van der Waals surface area contributed by atoms with Crippen molar-refractivity contribution in [1.82, 2.24) is 10.9 Å². The van der Waals surface area contributed by atoms with Crippen LogP contribution in [-0.4, -0.2) is 18.4 Å². The van der Waals surface area contributed by atoms with Crippen LogP contribution < -0.4 is 15.6 Å². The van der Waals surface area contributed by atoms with Crippen molar-refractivity contribution in [3.05, 3.63) is 64.1 Å². The molecule has 0 atom stereocenters. The normalized spacial score (nSPS) is 10.5. The lowest BCUT2D eigenvalue weighted by molar-refractivity contribution is -0.121. The number of hydrogen-bond donors (Lipinski definition) is 2. The zero-order valence-electron chi connectivity index (χ0n) is 14.9. The van der Waals surface area contributed by atoms with Crippen molar-refractivity contribution in [2.75, 3.05) is 6.61 Å². The first-order valence-electron chi connectivity index (χ1n) is 8.51. The summed E-state index contributed by atoms with van der Waals surface area (Å²) in [7, 11) is 0. The van der Waals surface area contributed by atoms with Gasteiger partial charge in [-0.15, -0.1) is 0 Å².